The Morgan fingerprint density at radius 2 is 2.09 bits per heavy atom. The van der Waals surface area contributed by atoms with E-state index >= 15 is 0 Å². The van der Waals surface area contributed by atoms with Gasteiger partial charge in [-0.2, -0.15) is 0 Å². The zero-order valence-corrected chi connectivity index (χ0v) is 19.7. The third kappa shape index (κ3) is 6.04. The Bertz CT molecular complexity index is 1180. The molecule has 4 N–H and O–H groups in total. The summed E-state index contributed by atoms with van der Waals surface area (Å²) in [4.78, 5) is 25.5. The molecule has 8 nitrogen and oxygen atoms in total. The molecule has 0 unspecified atom stereocenters. The summed E-state index contributed by atoms with van der Waals surface area (Å²) in [6.45, 7) is 7.62. The van der Waals surface area contributed by atoms with Gasteiger partial charge in [-0.1, -0.05) is 0 Å². The van der Waals surface area contributed by atoms with Gasteiger partial charge in [0.15, 0.2) is 5.82 Å². The van der Waals surface area contributed by atoms with Crippen molar-refractivity contribution >= 4 is 39.3 Å². The third-order valence-electron chi connectivity index (χ3n) is 4.34. The molecule has 0 bridgehead atoms. The molecule has 3 rings (SSSR count). The fraction of sp³-hybridized carbons (Fsp3) is 0.304. The molecule has 1 amide bonds. The van der Waals surface area contributed by atoms with E-state index in [1.165, 1.54) is 0 Å². The van der Waals surface area contributed by atoms with Gasteiger partial charge in [-0.3, -0.25) is 4.98 Å². The Balaban J connectivity index is 1.85. The van der Waals surface area contributed by atoms with E-state index in [9.17, 15) is 4.79 Å². The number of nitrogens with two attached hydrogens (primary N) is 1. The number of alkyl carbamates (subject to hydrolysis) is 1. The van der Waals surface area contributed by atoms with Crippen LogP contribution in [0, 0.1) is 0 Å². The minimum Gasteiger partial charge on any atom is -0.444 e. The minimum atomic E-state index is -0.550. The number of amides is 1. The Morgan fingerprint density at radius 3 is 2.81 bits per heavy atom. The van der Waals surface area contributed by atoms with Gasteiger partial charge in [0.1, 0.15) is 11.4 Å². The minimum absolute atomic E-state index is 0.265. The van der Waals surface area contributed by atoms with E-state index in [0.717, 1.165) is 32.6 Å². The van der Waals surface area contributed by atoms with E-state index in [0.29, 0.717) is 11.7 Å². The number of pyridine rings is 2. The van der Waals surface area contributed by atoms with Crippen molar-refractivity contribution in [1.82, 2.24) is 20.6 Å². The molecule has 0 aliphatic carbocycles. The first kappa shape index (κ1) is 23.2. The van der Waals surface area contributed by atoms with Crippen molar-refractivity contribution in [3.8, 4) is 11.1 Å². The molecule has 0 fully saturated rings. The molecule has 0 aliphatic heterocycles. The van der Waals surface area contributed by atoms with Crippen molar-refractivity contribution in [3.05, 3.63) is 53.3 Å². The highest BCUT2D eigenvalue weighted by atomic mass is 32.1. The van der Waals surface area contributed by atoms with Crippen LogP contribution >= 0.6 is 11.3 Å². The molecule has 0 saturated heterocycles. The fourth-order valence-corrected chi connectivity index (χ4v) is 3.80. The molecule has 0 spiro atoms. The number of carbonyl (C=O) groups excluding carboxylic acids is 1. The molecule has 0 saturated carbocycles. The van der Waals surface area contributed by atoms with Crippen LogP contribution in [0.25, 0.3) is 21.3 Å². The molecule has 168 valence electrons. The van der Waals surface area contributed by atoms with Crippen LogP contribution in [-0.2, 0) is 11.3 Å². The summed E-state index contributed by atoms with van der Waals surface area (Å²) in [5.41, 5.74) is 9.85. The van der Waals surface area contributed by atoms with Gasteiger partial charge >= 0.3 is 6.09 Å². The zero-order valence-electron chi connectivity index (χ0n) is 18.9. The first-order chi connectivity index (χ1) is 15.2. The number of amidine groups is 1. The van der Waals surface area contributed by atoms with Crippen molar-refractivity contribution < 1.29 is 9.53 Å². The number of fused-ring (bicyclic) bond motifs is 1. The molecule has 32 heavy (non-hydrogen) atoms. The van der Waals surface area contributed by atoms with Crippen LogP contribution in [0.15, 0.2) is 52.6 Å². The van der Waals surface area contributed by atoms with E-state index in [4.69, 9.17) is 15.5 Å². The second-order valence-corrected chi connectivity index (χ2v) is 9.08. The number of carbonyl (C=O) groups is 1. The number of thiophene rings is 1. The van der Waals surface area contributed by atoms with Gasteiger partial charge < -0.3 is 21.1 Å². The summed E-state index contributed by atoms with van der Waals surface area (Å²) in [6.07, 6.45) is 3.03. The summed E-state index contributed by atoms with van der Waals surface area (Å²) in [5.74, 6) is 0.946. The molecule has 0 aliphatic rings. The highest BCUT2D eigenvalue weighted by molar-refractivity contribution is 7.17. The Labute approximate surface area is 191 Å². The van der Waals surface area contributed by atoms with Crippen molar-refractivity contribution in [1.29, 1.82) is 0 Å². The van der Waals surface area contributed by atoms with Gasteiger partial charge in [-0.15, -0.1) is 11.3 Å². The maximum absolute atomic E-state index is 11.9. The molecule has 0 aromatic carbocycles. The van der Waals surface area contributed by atoms with Gasteiger partial charge in [0, 0.05) is 36.0 Å². The number of hydrogen-bond acceptors (Lipinski definition) is 7. The molecular weight excluding hydrogens is 424 g/mol. The molecule has 0 atom stereocenters. The van der Waals surface area contributed by atoms with Crippen LogP contribution in [0.4, 0.5) is 10.6 Å². The van der Waals surface area contributed by atoms with Crippen LogP contribution in [0.2, 0.25) is 0 Å². The summed E-state index contributed by atoms with van der Waals surface area (Å²) in [6, 6.07) is 7.70. The normalized spacial score (nSPS) is 12.7. The van der Waals surface area contributed by atoms with Crippen LogP contribution in [0.3, 0.4) is 0 Å². The monoisotopic (exact) mass is 452 g/mol. The Kier molecular flexibility index (Phi) is 7.09. The number of aliphatic imine (C=N–C) groups is 1. The summed E-state index contributed by atoms with van der Waals surface area (Å²) < 4.78 is 6.33. The SMILES string of the molecule is CN/C=C(/C)C(N)=Nc1ccc2scc(-c3ccnc(CNC(=O)OC(C)(C)C)c3)c2n1. The standard InChI is InChI=1S/C23H28N6O2S/c1-14(11-25-5)21(24)29-19-7-6-18-20(28-19)17(13-32-18)15-8-9-26-16(10-15)12-27-22(30)31-23(2,3)4/h6-11,13,25H,12H2,1-5H3,(H,27,30)(H2,24,28,29)/b14-11-. The second kappa shape index (κ2) is 9.78. The summed E-state index contributed by atoms with van der Waals surface area (Å²) in [7, 11) is 1.81. The van der Waals surface area contributed by atoms with E-state index in [1.807, 2.05) is 59.0 Å². The Hall–Kier alpha value is -3.46. The van der Waals surface area contributed by atoms with Crippen LogP contribution < -0.4 is 16.4 Å². The van der Waals surface area contributed by atoms with Crippen molar-refractivity contribution in [3.63, 3.8) is 0 Å². The number of nitrogens with one attached hydrogen (secondary N) is 2. The lowest BCUT2D eigenvalue weighted by atomic mass is 10.1. The van der Waals surface area contributed by atoms with Gasteiger partial charge in [-0.05, 0) is 57.5 Å². The van der Waals surface area contributed by atoms with Crippen molar-refractivity contribution in [2.75, 3.05) is 7.05 Å². The fourth-order valence-electron chi connectivity index (χ4n) is 2.89. The largest absolute Gasteiger partial charge is 0.444 e. The first-order valence-electron chi connectivity index (χ1n) is 10.2. The summed E-state index contributed by atoms with van der Waals surface area (Å²) in [5, 5.41) is 7.74. The van der Waals surface area contributed by atoms with Gasteiger partial charge in [0.2, 0.25) is 0 Å². The lowest BCUT2D eigenvalue weighted by Crippen LogP contribution is -2.32. The number of rotatable bonds is 6. The van der Waals surface area contributed by atoms with E-state index in [2.05, 4.69) is 26.0 Å². The number of nitrogens with zero attached hydrogens (tertiary/aromatic N) is 3. The van der Waals surface area contributed by atoms with Gasteiger partial charge in [-0.25, -0.2) is 14.8 Å². The van der Waals surface area contributed by atoms with Gasteiger partial charge in [0.05, 0.1) is 22.5 Å². The topological polar surface area (TPSA) is 115 Å². The first-order valence-corrected chi connectivity index (χ1v) is 11.0. The lowest BCUT2D eigenvalue weighted by Gasteiger charge is -2.19. The van der Waals surface area contributed by atoms with Crippen LogP contribution in [0.1, 0.15) is 33.4 Å². The van der Waals surface area contributed by atoms with Crippen molar-refractivity contribution in [2.24, 2.45) is 10.7 Å². The van der Waals surface area contributed by atoms with Gasteiger partial charge in [0.25, 0.3) is 0 Å². The summed E-state index contributed by atoms with van der Waals surface area (Å²) >= 11 is 1.61. The predicted octanol–water partition coefficient (Wildman–Crippen LogP) is 4.49. The predicted molar refractivity (Wildman–Crippen MR) is 130 cm³/mol. The quantitative estimate of drug-likeness (QED) is 0.375. The average molecular weight is 453 g/mol. The number of hydrogen-bond donors (Lipinski definition) is 3. The second-order valence-electron chi connectivity index (χ2n) is 8.17. The molecule has 3 heterocycles. The van der Waals surface area contributed by atoms with Crippen LogP contribution in [-0.4, -0.2) is 34.5 Å². The highest BCUT2D eigenvalue weighted by Gasteiger charge is 2.16. The zero-order chi connectivity index (χ0) is 23.3. The van der Waals surface area contributed by atoms with E-state index < -0.39 is 11.7 Å². The molecule has 3 aromatic rings. The van der Waals surface area contributed by atoms with E-state index in [-0.39, 0.29) is 6.54 Å². The maximum atomic E-state index is 11.9. The lowest BCUT2D eigenvalue weighted by molar-refractivity contribution is 0.0523. The Morgan fingerprint density at radius 1 is 1.31 bits per heavy atom. The smallest absolute Gasteiger partial charge is 0.407 e. The molecule has 9 heteroatoms. The van der Waals surface area contributed by atoms with Crippen molar-refractivity contribution in [2.45, 2.75) is 39.8 Å². The maximum Gasteiger partial charge on any atom is 0.407 e. The number of aromatic nitrogens is 2. The molecule has 0 radical (unpaired) electrons. The van der Waals surface area contributed by atoms with Crippen LogP contribution in [0.5, 0.6) is 0 Å². The highest BCUT2D eigenvalue weighted by Crippen LogP contribution is 2.34. The number of ether oxygens (including phenoxy) is 1. The third-order valence-corrected chi connectivity index (χ3v) is 5.28. The average Bonchev–Trinajstić information content (AvgIpc) is 3.14. The molecule has 3 aromatic heterocycles. The van der Waals surface area contributed by atoms with E-state index in [1.54, 1.807) is 23.7 Å². The molecular formula is C23H28N6O2S.